The lowest BCUT2D eigenvalue weighted by Gasteiger charge is -1.98. The largest absolute Gasteiger partial charge is 0.390 e. The molecule has 0 fully saturated rings. The highest BCUT2D eigenvalue weighted by molar-refractivity contribution is 7.16. The van der Waals surface area contributed by atoms with E-state index in [0.717, 1.165) is 40.3 Å². The van der Waals surface area contributed by atoms with E-state index >= 15 is 0 Å². The van der Waals surface area contributed by atoms with E-state index in [1.54, 1.807) is 11.3 Å². The standard InChI is InChI=1S/C16H17N3S/c1-2-9-6-7-11-12(8-9)19-16(18-11)14-10-4-3-5-13(10)20-15(14)17/h6-8H,2-5,17H2,1H3,(H,18,19). The van der Waals surface area contributed by atoms with Crippen molar-refractivity contribution in [1.29, 1.82) is 0 Å². The summed E-state index contributed by atoms with van der Waals surface area (Å²) in [4.78, 5) is 9.65. The van der Waals surface area contributed by atoms with Gasteiger partial charge in [0.25, 0.3) is 0 Å². The number of nitrogen functional groups attached to an aromatic ring is 1. The fourth-order valence-corrected chi connectivity index (χ4v) is 4.24. The summed E-state index contributed by atoms with van der Waals surface area (Å²) in [5, 5.41) is 0.907. The molecule has 0 atom stereocenters. The molecule has 4 rings (SSSR count). The number of anilines is 1. The third-order valence-corrected chi connectivity index (χ3v) is 5.26. The number of nitrogens with one attached hydrogen (secondary N) is 1. The maximum atomic E-state index is 6.22. The van der Waals surface area contributed by atoms with E-state index in [-0.39, 0.29) is 0 Å². The van der Waals surface area contributed by atoms with Gasteiger partial charge in [0.1, 0.15) is 5.82 Å². The number of nitrogens with zero attached hydrogens (tertiary/aromatic N) is 1. The predicted octanol–water partition coefficient (Wildman–Crippen LogP) is 3.92. The Labute approximate surface area is 121 Å². The van der Waals surface area contributed by atoms with Gasteiger partial charge in [0.2, 0.25) is 0 Å². The molecule has 0 bridgehead atoms. The smallest absolute Gasteiger partial charge is 0.141 e. The number of benzene rings is 1. The number of rotatable bonds is 2. The van der Waals surface area contributed by atoms with Crippen LogP contribution in [0.25, 0.3) is 22.4 Å². The zero-order chi connectivity index (χ0) is 13.7. The van der Waals surface area contributed by atoms with Crippen molar-refractivity contribution in [3.8, 4) is 11.4 Å². The Morgan fingerprint density at radius 1 is 1.35 bits per heavy atom. The van der Waals surface area contributed by atoms with Gasteiger partial charge in [0, 0.05) is 4.88 Å². The Kier molecular flexibility index (Phi) is 2.60. The lowest BCUT2D eigenvalue weighted by molar-refractivity contribution is 0.915. The van der Waals surface area contributed by atoms with Crippen molar-refractivity contribution in [2.45, 2.75) is 32.6 Å². The van der Waals surface area contributed by atoms with E-state index in [9.17, 15) is 0 Å². The van der Waals surface area contributed by atoms with Gasteiger partial charge in [0.15, 0.2) is 0 Å². The fraction of sp³-hybridized carbons (Fsp3) is 0.312. The number of hydrogen-bond acceptors (Lipinski definition) is 3. The second-order valence-corrected chi connectivity index (χ2v) is 6.52. The van der Waals surface area contributed by atoms with Crippen molar-refractivity contribution < 1.29 is 0 Å². The lowest BCUT2D eigenvalue weighted by atomic mass is 10.1. The van der Waals surface area contributed by atoms with Crippen LogP contribution in [0.3, 0.4) is 0 Å². The van der Waals surface area contributed by atoms with E-state index in [1.165, 1.54) is 28.8 Å². The van der Waals surface area contributed by atoms with Crippen LogP contribution in [0.15, 0.2) is 18.2 Å². The van der Waals surface area contributed by atoms with Gasteiger partial charge in [-0.2, -0.15) is 0 Å². The number of aromatic nitrogens is 2. The molecule has 0 spiro atoms. The molecule has 1 aliphatic rings. The molecule has 2 heterocycles. The van der Waals surface area contributed by atoms with Crippen molar-refractivity contribution in [3.63, 3.8) is 0 Å². The molecule has 0 saturated carbocycles. The molecule has 0 unspecified atom stereocenters. The minimum absolute atomic E-state index is 0.907. The Bertz CT molecular complexity index is 798. The van der Waals surface area contributed by atoms with Gasteiger partial charge >= 0.3 is 0 Å². The highest BCUT2D eigenvalue weighted by Gasteiger charge is 2.23. The maximum absolute atomic E-state index is 6.22. The van der Waals surface area contributed by atoms with Crippen LogP contribution in [0.1, 0.15) is 29.3 Å². The molecule has 0 saturated heterocycles. The summed E-state index contributed by atoms with van der Waals surface area (Å²) in [5.74, 6) is 0.935. The molecular formula is C16H17N3S. The van der Waals surface area contributed by atoms with E-state index in [4.69, 9.17) is 10.7 Å². The van der Waals surface area contributed by atoms with Gasteiger partial charge < -0.3 is 10.7 Å². The molecule has 3 nitrogen and oxygen atoms in total. The number of H-pyrrole nitrogens is 1. The number of hydrogen-bond donors (Lipinski definition) is 2. The predicted molar refractivity (Wildman–Crippen MR) is 85.2 cm³/mol. The van der Waals surface area contributed by atoms with Gasteiger partial charge in [-0.05, 0) is 48.9 Å². The highest BCUT2D eigenvalue weighted by atomic mass is 32.1. The first-order valence-corrected chi connectivity index (χ1v) is 7.97. The molecule has 0 radical (unpaired) electrons. The summed E-state index contributed by atoms with van der Waals surface area (Å²) in [6.45, 7) is 2.17. The molecule has 20 heavy (non-hydrogen) atoms. The molecular weight excluding hydrogens is 266 g/mol. The fourth-order valence-electron chi connectivity index (χ4n) is 3.08. The van der Waals surface area contributed by atoms with Gasteiger partial charge in [-0.1, -0.05) is 13.0 Å². The summed E-state index contributed by atoms with van der Waals surface area (Å²) < 4.78 is 0. The summed E-state index contributed by atoms with van der Waals surface area (Å²) >= 11 is 1.73. The summed E-state index contributed by atoms with van der Waals surface area (Å²) in [5.41, 5.74) is 12.2. The van der Waals surface area contributed by atoms with Crippen molar-refractivity contribution in [2.75, 3.05) is 5.73 Å². The van der Waals surface area contributed by atoms with E-state index in [0.29, 0.717) is 0 Å². The number of fused-ring (bicyclic) bond motifs is 2. The maximum Gasteiger partial charge on any atom is 0.141 e. The topological polar surface area (TPSA) is 54.7 Å². The molecule has 0 amide bonds. The van der Waals surface area contributed by atoms with Crippen LogP contribution in [-0.4, -0.2) is 9.97 Å². The third-order valence-electron chi connectivity index (χ3n) is 4.14. The number of thiophene rings is 1. The normalized spacial score (nSPS) is 14.1. The van der Waals surface area contributed by atoms with Crippen molar-refractivity contribution in [2.24, 2.45) is 0 Å². The molecule has 0 aliphatic heterocycles. The van der Waals surface area contributed by atoms with Crippen molar-refractivity contribution >= 4 is 27.4 Å². The highest BCUT2D eigenvalue weighted by Crippen LogP contribution is 2.42. The van der Waals surface area contributed by atoms with Crippen LogP contribution in [0, 0.1) is 0 Å². The summed E-state index contributed by atoms with van der Waals surface area (Å²) in [6, 6.07) is 6.43. The second-order valence-electron chi connectivity index (χ2n) is 5.39. The Balaban J connectivity index is 1.90. The molecule has 3 N–H and O–H groups in total. The number of nitrogens with two attached hydrogens (primary N) is 1. The van der Waals surface area contributed by atoms with Crippen molar-refractivity contribution in [1.82, 2.24) is 9.97 Å². The van der Waals surface area contributed by atoms with Gasteiger partial charge in [0.05, 0.1) is 21.6 Å². The second kappa shape index (κ2) is 4.35. The average molecular weight is 283 g/mol. The monoisotopic (exact) mass is 283 g/mol. The SMILES string of the molecule is CCc1ccc2nc(-c3c(N)sc4c3CCC4)[nH]c2c1. The summed E-state index contributed by atoms with van der Waals surface area (Å²) in [7, 11) is 0. The number of aryl methyl sites for hydroxylation is 2. The van der Waals surface area contributed by atoms with Crippen LogP contribution in [0.5, 0.6) is 0 Å². The number of imidazole rings is 1. The molecule has 102 valence electrons. The first kappa shape index (κ1) is 12.0. The minimum Gasteiger partial charge on any atom is -0.390 e. The Hall–Kier alpha value is -1.81. The van der Waals surface area contributed by atoms with Crippen LogP contribution in [-0.2, 0) is 19.3 Å². The van der Waals surface area contributed by atoms with Crippen LogP contribution in [0.2, 0.25) is 0 Å². The van der Waals surface area contributed by atoms with Gasteiger partial charge in [-0.25, -0.2) is 4.98 Å². The van der Waals surface area contributed by atoms with Gasteiger partial charge in [-0.3, -0.25) is 0 Å². The van der Waals surface area contributed by atoms with E-state index in [2.05, 4.69) is 30.1 Å². The number of aromatic amines is 1. The molecule has 1 aromatic carbocycles. The molecule has 3 aromatic rings. The summed E-state index contributed by atoms with van der Waals surface area (Å²) in [6.07, 6.45) is 4.59. The minimum atomic E-state index is 0.907. The Morgan fingerprint density at radius 3 is 3.10 bits per heavy atom. The van der Waals surface area contributed by atoms with E-state index in [1.807, 2.05) is 0 Å². The molecule has 4 heteroatoms. The van der Waals surface area contributed by atoms with Crippen LogP contribution < -0.4 is 5.73 Å². The first-order chi connectivity index (χ1) is 9.76. The molecule has 2 aromatic heterocycles. The quantitative estimate of drug-likeness (QED) is 0.749. The van der Waals surface area contributed by atoms with Crippen molar-refractivity contribution in [3.05, 3.63) is 34.2 Å². The third kappa shape index (κ3) is 1.68. The first-order valence-electron chi connectivity index (χ1n) is 7.15. The lowest BCUT2D eigenvalue weighted by Crippen LogP contribution is -1.89. The zero-order valence-corrected chi connectivity index (χ0v) is 12.3. The van der Waals surface area contributed by atoms with Gasteiger partial charge in [-0.15, -0.1) is 11.3 Å². The van der Waals surface area contributed by atoms with Crippen LogP contribution >= 0.6 is 11.3 Å². The Morgan fingerprint density at radius 2 is 2.25 bits per heavy atom. The average Bonchev–Trinajstić information content (AvgIpc) is 3.10. The zero-order valence-electron chi connectivity index (χ0n) is 11.5. The molecule has 1 aliphatic carbocycles. The van der Waals surface area contributed by atoms with E-state index < -0.39 is 0 Å². The van der Waals surface area contributed by atoms with Crippen LogP contribution in [0.4, 0.5) is 5.00 Å².